The summed E-state index contributed by atoms with van der Waals surface area (Å²) >= 11 is 12.1. The van der Waals surface area contributed by atoms with Crippen LogP contribution in [0.2, 0.25) is 10.0 Å². The van der Waals surface area contributed by atoms with Gasteiger partial charge in [0.1, 0.15) is 0 Å². The Labute approximate surface area is 181 Å². The number of aromatic nitrogens is 3. The number of pyridine rings is 1. The molecule has 3 heterocycles. The van der Waals surface area contributed by atoms with E-state index in [0.29, 0.717) is 39.5 Å². The van der Waals surface area contributed by atoms with Gasteiger partial charge in [-0.15, -0.1) is 0 Å². The van der Waals surface area contributed by atoms with Gasteiger partial charge in [-0.1, -0.05) is 53.5 Å². The van der Waals surface area contributed by atoms with Gasteiger partial charge in [0.2, 0.25) is 0 Å². The minimum atomic E-state index is -0.446. The molecule has 0 saturated heterocycles. The van der Waals surface area contributed by atoms with Crippen LogP contribution in [0, 0.1) is 6.92 Å². The Balaban J connectivity index is 1.63. The van der Waals surface area contributed by atoms with Gasteiger partial charge in [0.15, 0.2) is 5.65 Å². The first-order chi connectivity index (χ1) is 14.5. The maximum Gasteiger partial charge on any atom is 0.267 e. The summed E-state index contributed by atoms with van der Waals surface area (Å²) < 4.78 is 1.75. The number of benzene rings is 2. The summed E-state index contributed by atoms with van der Waals surface area (Å²) in [6.45, 7) is 2.32. The van der Waals surface area contributed by atoms with E-state index in [1.807, 2.05) is 37.3 Å². The number of rotatable bonds is 3. The van der Waals surface area contributed by atoms with Crippen molar-refractivity contribution in [3.05, 3.63) is 87.2 Å². The Bertz CT molecular complexity index is 1350. The summed E-state index contributed by atoms with van der Waals surface area (Å²) in [5.41, 5.74) is 3.19. The highest BCUT2D eigenvalue weighted by atomic mass is 35.5. The van der Waals surface area contributed by atoms with Crippen LogP contribution in [-0.4, -0.2) is 26.6 Å². The molecule has 0 unspecified atom stereocenters. The second-order valence-electron chi connectivity index (χ2n) is 7.02. The number of aryl methyl sites for hydroxylation is 1. The van der Waals surface area contributed by atoms with Crippen LogP contribution in [-0.2, 0) is 6.54 Å². The van der Waals surface area contributed by atoms with Crippen molar-refractivity contribution in [2.45, 2.75) is 13.5 Å². The summed E-state index contributed by atoms with van der Waals surface area (Å²) in [5.74, 6) is -0.874. The molecule has 8 heteroatoms. The maximum absolute atomic E-state index is 13.3. The van der Waals surface area contributed by atoms with Gasteiger partial charge in [-0.2, -0.15) is 5.10 Å². The van der Waals surface area contributed by atoms with Crippen molar-refractivity contribution in [2.75, 3.05) is 4.90 Å². The van der Waals surface area contributed by atoms with Crippen molar-refractivity contribution in [1.29, 1.82) is 0 Å². The highest BCUT2D eigenvalue weighted by molar-refractivity contribution is 6.43. The third kappa shape index (κ3) is 2.80. The molecule has 0 radical (unpaired) electrons. The summed E-state index contributed by atoms with van der Waals surface area (Å²) in [6, 6.07) is 14.5. The van der Waals surface area contributed by atoms with Crippen LogP contribution in [0.5, 0.6) is 0 Å². The van der Waals surface area contributed by atoms with Gasteiger partial charge in [0.05, 0.1) is 44.5 Å². The third-order valence-electron chi connectivity index (χ3n) is 5.12. The van der Waals surface area contributed by atoms with Crippen LogP contribution >= 0.6 is 23.2 Å². The molecule has 2 amide bonds. The SMILES string of the molecule is Cc1nn(Cc2ccccc2)c2ncc3c(c12)C(=O)N(c1ccc(Cl)c(Cl)c1)C3=O. The molecule has 2 aromatic heterocycles. The number of carbonyl (C=O) groups excluding carboxylic acids is 2. The van der Waals surface area contributed by atoms with Crippen LogP contribution in [0.3, 0.4) is 0 Å². The van der Waals surface area contributed by atoms with Gasteiger partial charge in [-0.05, 0) is 30.7 Å². The highest BCUT2D eigenvalue weighted by Gasteiger charge is 2.40. The molecular weight excluding hydrogens is 423 g/mol. The van der Waals surface area contributed by atoms with Crippen LogP contribution in [0.25, 0.3) is 11.0 Å². The van der Waals surface area contributed by atoms with Crippen LogP contribution in [0.1, 0.15) is 32.0 Å². The Morgan fingerprint density at radius 2 is 1.73 bits per heavy atom. The number of carbonyl (C=O) groups is 2. The number of hydrogen-bond acceptors (Lipinski definition) is 4. The minimum absolute atomic E-state index is 0.251. The van der Waals surface area contributed by atoms with Gasteiger partial charge in [0, 0.05) is 6.20 Å². The average Bonchev–Trinajstić information content (AvgIpc) is 3.19. The van der Waals surface area contributed by atoms with Crippen molar-refractivity contribution in [1.82, 2.24) is 14.8 Å². The zero-order valence-corrected chi connectivity index (χ0v) is 17.3. The predicted molar refractivity (Wildman–Crippen MR) is 115 cm³/mol. The second-order valence-corrected chi connectivity index (χ2v) is 7.83. The molecule has 0 N–H and O–H groups in total. The summed E-state index contributed by atoms with van der Waals surface area (Å²) in [4.78, 5) is 31.9. The predicted octanol–water partition coefficient (Wildman–Crippen LogP) is 4.90. The lowest BCUT2D eigenvalue weighted by molar-refractivity contribution is 0.0926. The number of nitrogens with zero attached hydrogens (tertiary/aromatic N) is 4. The number of imide groups is 1. The van der Waals surface area contributed by atoms with Crippen molar-refractivity contribution in [3.63, 3.8) is 0 Å². The third-order valence-corrected chi connectivity index (χ3v) is 5.86. The zero-order valence-electron chi connectivity index (χ0n) is 15.8. The molecule has 0 aliphatic carbocycles. The van der Waals surface area contributed by atoms with E-state index in [4.69, 9.17) is 23.2 Å². The van der Waals surface area contributed by atoms with E-state index in [0.717, 1.165) is 10.5 Å². The molecule has 0 atom stereocenters. The molecule has 0 spiro atoms. The molecule has 1 aliphatic heterocycles. The molecule has 5 rings (SSSR count). The molecule has 0 fully saturated rings. The number of fused-ring (bicyclic) bond motifs is 3. The van der Waals surface area contributed by atoms with E-state index in [-0.39, 0.29) is 10.6 Å². The number of amides is 2. The molecule has 30 heavy (non-hydrogen) atoms. The van der Waals surface area contributed by atoms with Gasteiger partial charge >= 0.3 is 0 Å². The van der Waals surface area contributed by atoms with E-state index in [9.17, 15) is 9.59 Å². The standard InChI is InChI=1S/C22H14Cl2N4O2/c1-12-18-19-15(10-25-20(18)27(26-12)11-13-5-3-2-4-6-13)21(29)28(22(19)30)14-7-8-16(23)17(24)9-14/h2-10H,11H2,1H3. The van der Waals surface area contributed by atoms with E-state index in [2.05, 4.69) is 10.1 Å². The fraction of sp³-hybridized carbons (Fsp3) is 0.0909. The molecule has 0 bridgehead atoms. The van der Waals surface area contributed by atoms with Crippen molar-refractivity contribution < 1.29 is 9.59 Å². The lowest BCUT2D eigenvalue weighted by atomic mass is 10.1. The second kappa shape index (κ2) is 6.93. The summed E-state index contributed by atoms with van der Waals surface area (Å²) in [7, 11) is 0. The molecule has 0 saturated carbocycles. The van der Waals surface area contributed by atoms with Crippen LogP contribution in [0.4, 0.5) is 5.69 Å². The Morgan fingerprint density at radius 1 is 0.967 bits per heavy atom. The van der Waals surface area contributed by atoms with Gasteiger partial charge in [-0.3, -0.25) is 9.59 Å². The number of hydrogen-bond donors (Lipinski definition) is 0. The first-order valence-corrected chi connectivity index (χ1v) is 9.95. The summed E-state index contributed by atoms with van der Waals surface area (Å²) in [6.07, 6.45) is 1.44. The fourth-order valence-electron chi connectivity index (χ4n) is 3.75. The van der Waals surface area contributed by atoms with Crippen molar-refractivity contribution in [2.24, 2.45) is 0 Å². The van der Waals surface area contributed by atoms with E-state index < -0.39 is 11.8 Å². The van der Waals surface area contributed by atoms with Crippen LogP contribution in [0.15, 0.2) is 54.7 Å². The van der Waals surface area contributed by atoms with E-state index in [1.54, 1.807) is 16.8 Å². The van der Waals surface area contributed by atoms with Crippen LogP contribution < -0.4 is 4.90 Å². The Morgan fingerprint density at radius 3 is 2.47 bits per heavy atom. The molecule has 6 nitrogen and oxygen atoms in total. The molecule has 2 aromatic carbocycles. The number of halogens is 2. The molecule has 148 valence electrons. The smallest absolute Gasteiger partial charge is 0.267 e. The number of anilines is 1. The molecule has 1 aliphatic rings. The zero-order chi connectivity index (χ0) is 21.0. The normalized spacial score (nSPS) is 13.4. The Hall–Kier alpha value is -3.22. The minimum Gasteiger partial charge on any atom is -0.268 e. The summed E-state index contributed by atoms with van der Waals surface area (Å²) in [5, 5.41) is 5.78. The molecule has 4 aromatic rings. The Kier molecular flexibility index (Phi) is 4.34. The maximum atomic E-state index is 13.3. The van der Waals surface area contributed by atoms with E-state index in [1.165, 1.54) is 12.3 Å². The van der Waals surface area contributed by atoms with Gasteiger partial charge in [0.25, 0.3) is 11.8 Å². The fourth-order valence-corrected chi connectivity index (χ4v) is 4.04. The first kappa shape index (κ1) is 18.8. The largest absolute Gasteiger partial charge is 0.268 e. The lowest BCUT2D eigenvalue weighted by Gasteiger charge is -2.14. The molecular formula is C22H14Cl2N4O2. The quantitative estimate of drug-likeness (QED) is 0.428. The average molecular weight is 437 g/mol. The van der Waals surface area contributed by atoms with Gasteiger partial charge < -0.3 is 0 Å². The first-order valence-electron chi connectivity index (χ1n) is 9.19. The monoisotopic (exact) mass is 436 g/mol. The van der Waals surface area contributed by atoms with Crippen molar-refractivity contribution >= 4 is 51.7 Å². The van der Waals surface area contributed by atoms with Crippen molar-refractivity contribution in [3.8, 4) is 0 Å². The topological polar surface area (TPSA) is 68.1 Å². The lowest BCUT2D eigenvalue weighted by Crippen LogP contribution is -2.29. The van der Waals surface area contributed by atoms with E-state index >= 15 is 0 Å². The van der Waals surface area contributed by atoms with Gasteiger partial charge in [-0.25, -0.2) is 14.6 Å². The highest BCUT2D eigenvalue weighted by Crippen LogP contribution is 2.36.